The lowest BCUT2D eigenvalue weighted by atomic mass is 9.98. The fraction of sp³-hybridized carbons (Fsp3) is 0.400. The molecule has 72 valence electrons. The minimum absolute atomic E-state index is 0.152. The monoisotopic (exact) mass is 264 g/mol. The number of halogens is 3. The van der Waals surface area contributed by atoms with Crippen LogP contribution in [0.25, 0.3) is 0 Å². The van der Waals surface area contributed by atoms with Gasteiger partial charge in [0.2, 0.25) is 0 Å². The maximum atomic E-state index is 13.3. The largest absolute Gasteiger partial charge is 0.207 e. The van der Waals surface area contributed by atoms with E-state index in [0.717, 1.165) is 16.5 Å². The molecule has 0 spiro atoms. The Labute approximate surface area is 91.2 Å². The molecule has 0 radical (unpaired) electrons. The summed E-state index contributed by atoms with van der Waals surface area (Å²) >= 11 is 8.92. The molecular weight excluding hydrogens is 254 g/mol. The molecule has 0 aliphatic rings. The summed E-state index contributed by atoms with van der Waals surface area (Å²) in [5.41, 5.74) is 0.732. The van der Waals surface area contributed by atoms with Gasteiger partial charge in [-0.25, -0.2) is 4.39 Å². The van der Waals surface area contributed by atoms with E-state index >= 15 is 0 Å². The Kier molecular flexibility index (Phi) is 4.20. The third kappa shape index (κ3) is 2.96. The van der Waals surface area contributed by atoms with Gasteiger partial charge in [-0.2, -0.15) is 0 Å². The predicted octanol–water partition coefficient (Wildman–Crippen LogP) is 4.32. The van der Waals surface area contributed by atoms with Crippen molar-refractivity contribution in [1.82, 2.24) is 0 Å². The minimum atomic E-state index is -0.152. The molecule has 0 nitrogen and oxygen atoms in total. The highest BCUT2D eigenvalue weighted by atomic mass is 79.9. The molecule has 1 aromatic carbocycles. The zero-order valence-electron chi connectivity index (χ0n) is 7.36. The van der Waals surface area contributed by atoms with Crippen molar-refractivity contribution < 1.29 is 4.39 Å². The molecule has 1 atom stereocenters. The highest BCUT2D eigenvalue weighted by Crippen LogP contribution is 2.25. The lowest BCUT2D eigenvalue weighted by Gasteiger charge is -2.11. The Bertz CT molecular complexity index is 288. The van der Waals surface area contributed by atoms with Crippen molar-refractivity contribution in [3.8, 4) is 0 Å². The molecule has 1 unspecified atom stereocenters. The van der Waals surface area contributed by atoms with Gasteiger partial charge in [-0.05, 0) is 36.1 Å². The van der Waals surface area contributed by atoms with Crippen molar-refractivity contribution in [2.24, 2.45) is 0 Å². The van der Waals surface area contributed by atoms with E-state index in [1.807, 2.05) is 13.0 Å². The van der Waals surface area contributed by atoms with Gasteiger partial charge in [0, 0.05) is 10.4 Å². The lowest BCUT2D eigenvalue weighted by Crippen LogP contribution is -1.98. The van der Waals surface area contributed by atoms with Crippen LogP contribution in [-0.2, 0) is 0 Å². The van der Waals surface area contributed by atoms with Crippen LogP contribution >= 0.6 is 27.5 Å². The van der Waals surface area contributed by atoms with Crippen LogP contribution in [-0.4, -0.2) is 5.88 Å². The van der Waals surface area contributed by atoms with Gasteiger partial charge in [0.1, 0.15) is 5.82 Å². The van der Waals surface area contributed by atoms with E-state index in [0.29, 0.717) is 5.88 Å². The normalized spacial score (nSPS) is 12.9. The topological polar surface area (TPSA) is 0 Å². The zero-order chi connectivity index (χ0) is 9.84. The minimum Gasteiger partial charge on any atom is -0.207 e. The third-order valence-corrected chi connectivity index (χ3v) is 2.74. The maximum absolute atomic E-state index is 13.3. The molecule has 0 bridgehead atoms. The summed E-state index contributed by atoms with van der Waals surface area (Å²) in [5, 5.41) is 0. The third-order valence-electron chi connectivity index (χ3n) is 2.03. The maximum Gasteiger partial charge on any atom is 0.126 e. The van der Waals surface area contributed by atoms with Crippen LogP contribution in [0.15, 0.2) is 22.7 Å². The molecule has 0 aliphatic heterocycles. The first-order chi connectivity index (χ1) is 6.15. The first kappa shape index (κ1) is 11.0. The van der Waals surface area contributed by atoms with Crippen molar-refractivity contribution in [2.75, 3.05) is 5.88 Å². The fourth-order valence-corrected chi connectivity index (χ4v) is 1.92. The predicted molar refractivity (Wildman–Crippen MR) is 57.9 cm³/mol. The SMILES string of the molecule is CC(CCCl)c1cc(Br)ccc1F. The summed E-state index contributed by atoms with van der Waals surface area (Å²) in [4.78, 5) is 0. The van der Waals surface area contributed by atoms with Gasteiger partial charge in [-0.3, -0.25) is 0 Å². The number of alkyl halides is 1. The molecule has 0 fully saturated rings. The van der Waals surface area contributed by atoms with Gasteiger partial charge in [0.25, 0.3) is 0 Å². The van der Waals surface area contributed by atoms with E-state index in [1.165, 1.54) is 6.07 Å². The molecule has 0 aromatic heterocycles. The van der Waals surface area contributed by atoms with Gasteiger partial charge in [0.05, 0.1) is 0 Å². The summed E-state index contributed by atoms with van der Waals surface area (Å²) in [5.74, 6) is 0.587. The van der Waals surface area contributed by atoms with Crippen molar-refractivity contribution in [3.63, 3.8) is 0 Å². The lowest BCUT2D eigenvalue weighted by molar-refractivity contribution is 0.584. The van der Waals surface area contributed by atoms with Crippen LogP contribution in [0.4, 0.5) is 4.39 Å². The second kappa shape index (κ2) is 4.97. The van der Waals surface area contributed by atoms with Crippen molar-refractivity contribution in [1.29, 1.82) is 0 Å². The summed E-state index contributed by atoms with van der Waals surface area (Å²) in [7, 11) is 0. The number of benzene rings is 1. The van der Waals surface area contributed by atoms with E-state index < -0.39 is 0 Å². The van der Waals surface area contributed by atoms with E-state index in [2.05, 4.69) is 15.9 Å². The molecule has 13 heavy (non-hydrogen) atoms. The Morgan fingerprint density at radius 1 is 1.54 bits per heavy atom. The zero-order valence-corrected chi connectivity index (χ0v) is 9.70. The molecule has 0 aliphatic carbocycles. The van der Waals surface area contributed by atoms with Crippen LogP contribution in [0.2, 0.25) is 0 Å². The fourth-order valence-electron chi connectivity index (χ4n) is 1.21. The Morgan fingerprint density at radius 2 is 2.23 bits per heavy atom. The van der Waals surface area contributed by atoms with E-state index in [9.17, 15) is 4.39 Å². The van der Waals surface area contributed by atoms with Gasteiger partial charge in [0.15, 0.2) is 0 Å². The number of hydrogen-bond acceptors (Lipinski definition) is 0. The van der Waals surface area contributed by atoms with Gasteiger partial charge in [-0.15, -0.1) is 11.6 Å². The van der Waals surface area contributed by atoms with E-state index in [1.54, 1.807) is 6.07 Å². The Morgan fingerprint density at radius 3 is 2.85 bits per heavy atom. The van der Waals surface area contributed by atoms with Crippen LogP contribution in [0, 0.1) is 5.82 Å². The second-order valence-corrected chi connectivity index (χ2v) is 4.34. The van der Waals surface area contributed by atoms with Crippen molar-refractivity contribution in [3.05, 3.63) is 34.1 Å². The number of rotatable bonds is 3. The summed E-state index contributed by atoms with van der Waals surface area (Å²) in [6, 6.07) is 4.99. The molecule has 3 heteroatoms. The molecule has 0 heterocycles. The van der Waals surface area contributed by atoms with E-state index in [4.69, 9.17) is 11.6 Å². The van der Waals surface area contributed by atoms with Crippen LogP contribution in [0.1, 0.15) is 24.8 Å². The van der Waals surface area contributed by atoms with Crippen LogP contribution in [0.3, 0.4) is 0 Å². The number of hydrogen-bond donors (Lipinski definition) is 0. The standard InChI is InChI=1S/C10H11BrClF/c1-7(4-5-12)9-6-8(11)2-3-10(9)13/h2-3,6-7H,4-5H2,1H3. The van der Waals surface area contributed by atoms with Crippen molar-refractivity contribution >= 4 is 27.5 Å². The average molecular weight is 266 g/mol. The summed E-state index contributed by atoms with van der Waals surface area (Å²) < 4.78 is 14.2. The summed E-state index contributed by atoms with van der Waals surface area (Å²) in [6.45, 7) is 1.98. The van der Waals surface area contributed by atoms with Crippen LogP contribution in [0.5, 0.6) is 0 Å². The molecule has 1 aromatic rings. The molecule has 0 amide bonds. The highest BCUT2D eigenvalue weighted by Gasteiger charge is 2.10. The first-order valence-electron chi connectivity index (χ1n) is 4.16. The van der Waals surface area contributed by atoms with Gasteiger partial charge in [-0.1, -0.05) is 22.9 Å². The molecular formula is C10H11BrClF. The molecule has 0 saturated carbocycles. The van der Waals surface area contributed by atoms with Gasteiger partial charge < -0.3 is 0 Å². The van der Waals surface area contributed by atoms with Gasteiger partial charge >= 0.3 is 0 Å². The van der Waals surface area contributed by atoms with Crippen LogP contribution < -0.4 is 0 Å². The quantitative estimate of drug-likeness (QED) is 0.714. The molecule has 0 N–H and O–H groups in total. The Balaban J connectivity index is 2.91. The first-order valence-corrected chi connectivity index (χ1v) is 5.49. The Hall–Kier alpha value is -0.0800. The van der Waals surface area contributed by atoms with E-state index in [-0.39, 0.29) is 11.7 Å². The smallest absolute Gasteiger partial charge is 0.126 e. The average Bonchev–Trinajstić information content (AvgIpc) is 2.09. The molecule has 1 rings (SSSR count). The molecule has 0 saturated heterocycles. The summed E-state index contributed by atoms with van der Waals surface area (Å²) in [6.07, 6.45) is 0.801. The second-order valence-electron chi connectivity index (χ2n) is 3.04. The van der Waals surface area contributed by atoms with Crippen molar-refractivity contribution in [2.45, 2.75) is 19.3 Å². The highest BCUT2D eigenvalue weighted by molar-refractivity contribution is 9.10.